The molecule has 4 saturated carbocycles. The predicted octanol–water partition coefficient (Wildman–Crippen LogP) is 4.94. The molecule has 0 spiro atoms. The van der Waals surface area contributed by atoms with E-state index in [0.717, 1.165) is 19.3 Å². The summed E-state index contributed by atoms with van der Waals surface area (Å²) < 4.78 is 5.45. The Bertz CT molecular complexity index is 663. The molecule has 4 bridgehead atoms. The zero-order chi connectivity index (χ0) is 16.9. The first-order valence-electron chi connectivity index (χ1n) is 8.61. The second-order valence-electron chi connectivity index (χ2n) is 7.83. The number of carbonyl (C=O) groups excluding carboxylic acids is 2. The molecule has 0 aliphatic heterocycles. The standard InChI is InChI=1S/C19H20Cl2O3/c20-15-2-1-14(6-16(15)21)17(22)10-24-18(23)19-7-11-3-12(8-19)5-13(4-11)9-19/h1-2,6,11-13H,3-5,7-10H2. The first-order chi connectivity index (χ1) is 11.4. The van der Waals surface area contributed by atoms with Crippen LogP contribution in [-0.2, 0) is 9.53 Å². The van der Waals surface area contributed by atoms with Gasteiger partial charge in [-0.15, -0.1) is 0 Å². The van der Waals surface area contributed by atoms with Gasteiger partial charge in [-0.25, -0.2) is 0 Å². The summed E-state index contributed by atoms with van der Waals surface area (Å²) in [6.45, 7) is -0.224. The van der Waals surface area contributed by atoms with E-state index in [1.807, 2.05) is 0 Å². The van der Waals surface area contributed by atoms with Crippen LogP contribution in [0.2, 0.25) is 10.0 Å². The molecule has 1 aromatic rings. The Labute approximate surface area is 151 Å². The highest BCUT2D eigenvalue weighted by Gasteiger charge is 2.55. The van der Waals surface area contributed by atoms with Crippen molar-refractivity contribution in [2.24, 2.45) is 23.2 Å². The van der Waals surface area contributed by atoms with Gasteiger partial charge >= 0.3 is 5.97 Å². The fourth-order valence-electron chi connectivity index (χ4n) is 5.40. The topological polar surface area (TPSA) is 43.4 Å². The van der Waals surface area contributed by atoms with E-state index in [9.17, 15) is 9.59 Å². The van der Waals surface area contributed by atoms with Gasteiger partial charge in [0.05, 0.1) is 15.5 Å². The highest BCUT2D eigenvalue weighted by Crippen LogP contribution is 2.60. The van der Waals surface area contributed by atoms with Crippen LogP contribution in [0.1, 0.15) is 48.9 Å². The summed E-state index contributed by atoms with van der Waals surface area (Å²) in [7, 11) is 0. The molecule has 0 N–H and O–H groups in total. The minimum atomic E-state index is -0.327. The SMILES string of the molecule is O=C(COC(=O)C12CC3CC(CC(C3)C1)C2)c1ccc(Cl)c(Cl)c1. The molecule has 128 valence electrons. The lowest BCUT2D eigenvalue weighted by Gasteiger charge is -2.55. The molecule has 5 rings (SSSR count). The van der Waals surface area contributed by atoms with Crippen LogP contribution in [0.3, 0.4) is 0 Å². The molecule has 0 amide bonds. The van der Waals surface area contributed by atoms with Crippen molar-refractivity contribution in [2.45, 2.75) is 38.5 Å². The third kappa shape index (κ3) is 2.86. The number of esters is 1. The smallest absolute Gasteiger partial charge is 0.312 e. The van der Waals surface area contributed by atoms with Gasteiger partial charge in [-0.2, -0.15) is 0 Å². The third-order valence-electron chi connectivity index (χ3n) is 6.05. The quantitative estimate of drug-likeness (QED) is 0.560. The van der Waals surface area contributed by atoms with Crippen molar-refractivity contribution in [1.82, 2.24) is 0 Å². The van der Waals surface area contributed by atoms with Crippen molar-refractivity contribution in [1.29, 1.82) is 0 Å². The van der Waals surface area contributed by atoms with Gasteiger partial charge in [0.2, 0.25) is 0 Å². The number of halogens is 2. The molecule has 0 unspecified atom stereocenters. The van der Waals surface area contributed by atoms with E-state index in [1.54, 1.807) is 12.1 Å². The normalized spacial score (nSPS) is 33.5. The van der Waals surface area contributed by atoms with Crippen molar-refractivity contribution >= 4 is 35.0 Å². The summed E-state index contributed by atoms with van der Waals surface area (Å²) in [5.74, 6) is 1.61. The van der Waals surface area contributed by atoms with Crippen LogP contribution in [0.15, 0.2) is 18.2 Å². The molecule has 0 atom stereocenters. The Morgan fingerprint density at radius 3 is 2.12 bits per heavy atom. The molecule has 0 radical (unpaired) electrons. The molecular weight excluding hydrogens is 347 g/mol. The molecule has 3 nitrogen and oxygen atoms in total. The lowest BCUT2D eigenvalue weighted by atomic mass is 9.49. The molecule has 4 fully saturated rings. The largest absolute Gasteiger partial charge is 0.457 e. The van der Waals surface area contributed by atoms with Crippen molar-refractivity contribution in [3.63, 3.8) is 0 Å². The van der Waals surface area contributed by atoms with E-state index in [2.05, 4.69) is 0 Å². The molecule has 4 aliphatic carbocycles. The van der Waals surface area contributed by atoms with Crippen molar-refractivity contribution in [2.75, 3.05) is 6.61 Å². The zero-order valence-electron chi connectivity index (χ0n) is 13.4. The Kier molecular flexibility index (Phi) is 4.12. The van der Waals surface area contributed by atoms with Crippen LogP contribution in [0.25, 0.3) is 0 Å². The van der Waals surface area contributed by atoms with E-state index in [4.69, 9.17) is 27.9 Å². The first-order valence-corrected chi connectivity index (χ1v) is 9.36. The Hall–Kier alpha value is -1.06. The van der Waals surface area contributed by atoms with Gasteiger partial charge in [0.1, 0.15) is 0 Å². The van der Waals surface area contributed by atoms with Gasteiger partial charge in [-0.1, -0.05) is 23.2 Å². The van der Waals surface area contributed by atoms with Crippen molar-refractivity contribution < 1.29 is 14.3 Å². The molecule has 0 aromatic heterocycles. The van der Waals surface area contributed by atoms with Crippen LogP contribution in [0.5, 0.6) is 0 Å². The molecule has 0 heterocycles. The molecule has 24 heavy (non-hydrogen) atoms. The minimum Gasteiger partial charge on any atom is -0.457 e. The van der Waals surface area contributed by atoms with Crippen LogP contribution in [0.4, 0.5) is 0 Å². The van der Waals surface area contributed by atoms with Crippen molar-refractivity contribution in [3.8, 4) is 0 Å². The van der Waals surface area contributed by atoms with Gasteiger partial charge in [0, 0.05) is 5.56 Å². The van der Waals surface area contributed by atoms with Crippen LogP contribution >= 0.6 is 23.2 Å². The second kappa shape index (κ2) is 6.03. The van der Waals surface area contributed by atoms with Gasteiger partial charge in [-0.3, -0.25) is 9.59 Å². The Morgan fingerprint density at radius 2 is 1.58 bits per heavy atom. The average molecular weight is 367 g/mol. The summed E-state index contributed by atoms with van der Waals surface area (Å²) in [4.78, 5) is 25.0. The van der Waals surface area contributed by atoms with Gasteiger partial charge in [0.15, 0.2) is 12.4 Å². The Morgan fingerprint density at radius 1 is 1.00 bits per heavy atom. The van der Waals surface area contributed by atoms with Crippen molar-refractivity contribution in [3.05, 3.63) is 33.8 Å². The number of benzene rings is 1. The Balaban J connectivity index is 1.41. The maximum atomic E-state index is 12.7. The van der Waals surface area contributed by atoms with E-state index in [1.165, 1.54) is 25.3 Å². The average Bonchev–Trinajstić information content (AvgIpc) is 2.53. The highest BCUT2D eigenvalue weighted by atomic mass is 35.5. The number of carbonyl (C=O) groups is 2. The number of hydrogen-bond donors (Lipinski definition) is 0. The molecular formula is C19H20Cl2O3. The second-order valence-corrected chi connectivity index (χ2v) is 8.64. The lowest BCUT2D eigenvalue weighted by Crippen LogP contribution is -2.50. The number of hydrogen-bond acceptors (Lipinski definition) is 3. The van der Waals surface area contributed by atoms with Crippen LogP contribution < -0.4 is 0 Å². The van der Waals surface area contributed by atoms with Gasteiger partial charge in [-0.05, 0) is 74.5 Å². The predicted molar refractivity (Wildman–Crippen MR) is 92.4 cm³/mol. The molecule has 5 heteroatoms. The number of ketones is 1. The first kappa shape index (κ1) is 16.4. The third-order valence-corrected chi connectivity index (χ3v) is 6.79. The number of ether oxygens (including phenoxy) is 1. The number of rotatable bonds is 4. The summed E-state index contributed by atoms with van der Waals surface area (Å²) in [5, 5.41) is 0.730. The number of Topliss-reactive ketones (excluding diaryl/α,β-unsaturated/α-hetero) is 1. The lowest BCUT2D eigenvalue weighted by molar-refractivity contribution is -0.170. The van der Waals surface area contributed by atoms with Gasteiger partial charge < -0.3 is 4.74 Å². The minimum absolute atomic E-state index is 0.171. The fourth-order valence-corrected chi connectivity index (χ4v) is 5.70. The molecule has 1 aromatic carbocycles. The van der Waals surface area contributed by atoms with E-state index in [-0.39, 0.29) is 23.8 Å². The monoisotopic (exact) mass is 366 g/mol. The summed E-state index contributed by atoms with van der Waals surface area (Å²) >= 11 is 11.8. The summed E-state index contributed by atoms with van der Waals surface area (Å²) in [5.41, 5.74) is 0.0925. The van der Waals surface area contributed by atoms with Crippen LogP contribution in [0, 0.1) is 23.2 Å². The summed E-state index contributed by atoms with van der Waals surface area (Å²) in [6.07, 6.45) is 6.65. The molecule has 4 aliphatic rings. The van der Waals surface area contributed by atoms with Gasteiger partial charge in [0.25, 0.3) is 0 Å². The van der Waals surface area contributed by atoms with E-state index < -0.39 is 0 Å². The van der Waals surface area contributed by atoms with Crippen LogP contribution in [-0.4, -0.2) is 18.4 Å². The van der Waals surface area contributed by atoms with E-state index in [0.29, 0.717) is 33.4 Å². The highest BCUT2D eigenvalue weighted by molar-refractivity contribution is 6.42. The zero-order valence-corrected chi connectivity index (χ0v) is 14.9. The fraction of sp³-hybridized carbons (Fsp3) is 0.579. The maximum Gasteiger partial charge on any atom is 0.312 e. The molecule has 0 saturated heterocycles. The summed E-state index contributed by atoms with van der Waals surface area (Å²) in [6, 6.07) is 4.71. The maximum absolute atomic E-state index is 12.7. The van der Waals surface area contributed by atoms with E-state index >= 15 is 0 Å².